The van der Waals surface area contributed by atoms with Gasteiger partial charge in [-0.3, -0.25) is 9.59 Å². The zero-order valence-electron chi connectivity index (χ0n) is 13.7. The van der Waals surface area contributed by atoms with Gasteiger partial charge in [-0.25, -0.2) is 4.57 Å². The summed E-state index contributed by atoms with van der Waals surface area (Å²) < 4.78 is 2.11. The molecule has 2 aromatic rings. The topological polar surface area (TPSA) is 62.1 Å². The number of aryl methyl sites for hydroxylation is 1. The van der Waals surface area contributed by atoms with E-state index in [1.807, 2.05) is 36.7 Å². The van der Waals surface area contributed by atoms with E-state index in [-0.39, 0.29) is 28.8 Å². The van der Waals surface area contributed by atoms with Crippen LogP contribution in [0.3, 0.4) is 0 Å². The number of hydrogen-bond donors (Lipinski definition) is 2. The van der Waals surface area contributed by atoms with Crippen molar-refractivity contribution >= 4 is 23.2 Å². The summed E-state index contributed by atoms with van der Waals surface area (Å²) in [5, 5.41) is 5.55. The number of benzene rings is 1. The third-order valence-electron chi connectivity index (χ3n) is 3.31. The minimum atomic E-state index is -0.133. The molecule has 0 bridgehead atoms. The van der Waals surface area contributed by atoms with Crippen LogP contribution in [0.1, 0.15) is 26.2 Å². The zero-order chi connectivity index (χ0) is 16.5. The van der Waals surface area contributed by atoms with Gasteiger partial charge >= 0.3 is 0 Å². The van der Waals surface area contributed by atoms with E-state index < -0.39 is 0 Å². The first-order valence-corrected chi connectivity index (χ1v) is 7.75. The fraction of sp³-hybridized carbons (Fsp3) is 0.278. The Morgan fingerprint density at radius 3 is 2.29 bits per heavy atom. The van der Waals surface area contributed by atoms with Gasteiger partial charge in [-0.1, -0.05) is 12.1 Å². The van der Waals surface area contributed by atoms with Crippen LogP contribution >= 0.6 is 0 Å². The van der Waals surface area contributed by atoms with E-state index in [1.165, 1.54) is 6.92 Å². The number of carbonyl (C=O) groups is 2. The first-order chi connectivity index (χ1) is 11.1. The molecule has 6 heteroatoms. The summed E-state index contributed by atoms with van der Waals surface area (Å²) in [5.41, 5.74) is 1.37. The minimum Gasteiger partial charge on any atom is -1.00 e. The number of halogens is 1. The predicted octanol–water partition coefficient (Wildman–Crippen LogP) is -0.254. The van der Waals surface area contributed by atoms with Gasteiger partial charge in [0.1, 0.15) is 6.54 Å². The standard InChI is InChI=1S/C18H21N3O2.BrH/c1-15(22)19-16-8-7-9-17(14-16)20-18(23)10-3-6-13-21-11-4-2-5-12-21;/h2,4-5,7-9,11-12,14H,3,6,10,13H2,1H3,(H-,19,20,22,23);1H. The van der Waals surface area contributed by atoms with Crippen LogP contribution in [0.4, 0.5) is 11.4 Å². The Kier molecular flexibility index (Phi) is 8.71. The average Bonchev–Trinajstić information content (AvgIpc) is 2.52. The number of carbonyl (C=O) groups excluding carboxylic acids is 2. The molecule has 0 fully saturated rings. The monoisotopic (exact) mass is 391 g/mol. The Labute approximate surface area is 152 Å². The third-order valence-corrected chi connectivity index (χ3v) is 3.31. The molecule has 1 aromatic carbocycles. The molecule has 0 radical (unpaired) electrons. The number of nitrogens with zero attached hydrogens (tertiary/aromatic N) is 1. The van der Waals surface area contributed by atoms with Crippen LogP contribution in [0.2, 0.25) is 0 Å². The van der Waals surface area contributed by atoms with Crippen molar-refractivity contribution in [2.24, 2.45) is 0 Å². The van der Waals surface area contributed by atoms with E-state index in [9.17, 15) is 9.59 Å². The second-order valence-corrected chi connectivity index (χ2v) is 5.38. The molecule has 128 valence electrons. The number of amides is 2. The smallest absolute Gasteiger partial charge is 0.224 e. The predicted molar refractivity (Wildman–Crippen MR) is 89.9 cm³/mol. The van der Waals surface area contributed by atoms with Crippen LogP contribution in [0.15, 0.2) is 54.9 Å². The molecule has 0 aliphatic rings. The van der Waals surface area contributed by atoms with Gasteiger partial charge in [0.05, 0.1) is 0 Å². The molecule has 1 heterocycles. The molecule has 2 rings (SSSR count). The van der Waals surface area contributed by atoms with Crippen molar-refractivity contribution in [3.8, 4) is 0 Å². The quantitative estimate of drug-likeness (QED) is 0.504. The van der Waals surface area contributed by atoms with Crippen molar-refractivity contribution in [1.29, 1.82) is 0 Å². The molecule has 0 saturated carbocycles. The Morgan fingerprint density at radius 1 is 0.958 bits per heavy atom. The lowest BCUT2D eigenvalue weighted by Crippen LogP contribution is -3.00. The van der Waals surface area contributed by atoms with Crippen molar-refractivity contribution in [3.63, 3.8) is 0 Å². The molecule has 24 heavy (non-hydrogen) atoms. The summed E-state index contributed by atoms with van der Waals surface area (Å²) in [6.45, 7) is 2.36. The molecule has 2 N–H and O–H groups in total. The number of aromatic nitrogens is 1. The SMILES string of the molecule is CC(=O)Nc1cccc(NC(=O)CCCC[n+]2ccccc2)c1.[Br-]. The summed E-state index contributed by atoms with van der Waals surface area (Å²) >= 11 is 0. The molecular formula is C18H22BrN3O2. The van der Waals surface area contributed by atoms with Gasteiger partial charge in [0.15, 0.2) is 12.4 Å². The largest absolute Gasteiger partial charge is 1.00 e. The molecule has 5 nitrogen and oxygen atoms in total. The van der Waals surface area contributed by atoms with Gasteiger partial charge < -0.3 is 27.6 Å². The summed E-state index contributed by atoms with van der Waals surface area (Å²) in [6, 6.07) is 13.1. The zero-order valence-corrected chi connectivity index (χ0v) is 15.3. The summed E-state index contributed by atoms with van der Waals surface area (Å²) in [6.07, 6.45) is 6.31. The van der Waals surface area contributed by atoms with E-state index in [0.29, 0.717) is 17.8 Å². The van der Waals surface area contributed by atoms with Crippen molar-refractivity contribution in [3.05, 3.63) is 54.9 Å². The number of nitrogens with one attached hydrogen (secondary N) is 2. The highest BCUT2D eigenvalue weighted by atomic mass is 79.9. The molecule has 0 spiro atoms. The lowest BCUT2D eigenvalue weighted by molar-refractivity contribution is -0.697. The van der Waals surface area contributed by atoms with Gasteiger partial charge in [-0.05, 0) is 24.6 Å². The van der Waals surface area contributed by atoms with E-state index >= 15 is 0 Å². The van der Waals surface area contributed by atoms with Gasteiger partial charge in [-0.15, -0.1) is 0 Å². The summed E-state index contributed by atoms with van der Waals surface area (Å²) in [5.74, 6) is -0.144. The minimum absolute atomic E-state index is 0. The molecule has 0 atom stereocenters. The van der Waals surface area contributed by atoms with Crippen molar-refractivity contribution < 1.29 is 31.1 Å². The second kappa shape index (κ2) is 10.5. The Hall–Kier alpha value is -2.21. The average molecular weight is 392 g/mol. The second-order valence-electron chi connectivity index (χ2n) is 5.38. The van der Waals surface area contributed by atoms with E-state index in [4.69, 9.17) is 0 Å². The van der Waals surface area contributed by atoms with Crippen molar-refractivity contribution in [1.82, 2.24) is 0 Å². The summed E-state index contributed by atoms with van der Waals surface area (Å²) in [7, 11) is 0. The Bertz CT molecular complexity index is 662. The summed E-state index contributed by atoms with van der Waals surface area (Å²) in [4.78, 5) is 23.0. The van der Waals surface area contributed by atoms with Crippen molar-refractivity contribution in [2.45, 2.75) is 32.7 Å². The van der Waals surface area contributed by atoms with Crippen LogP contribution in [-0.4, -0.2) is 11.8 Å². The Balaban J connectivity index is 0.00000288. The Morgan fingerprint density at radius 2 is 1.62 bits per heavy atom. The van der Waals surface area contributed by atoms with Crippen LogP contribution in [0.25, 0.3) is 0 Å². The fourth-order valence-corrected chi connectivity index (χ4v) is 2.26. The number of anilines is 2. The van der Waals surface area contributed by atoms with Crippen LogP contribution < -0.4 is 32.2 Å². The lowest BCUT2D eigenvalue weighted by Gasteiger charge is -2.07. The van der Waals surface area contributed by atoms with Crippen LogP contribution in [-0.2, 0) is 16.1 Å². The highest BCUT2D eigenvalue weighted by molar-refractivity contribution is 5.93. The van der Waals surface area contributed by atoms with Gasteiger partial charge in [-0.2, -0.15) is 0 Å². The van der Waals surface area contributed by atoms with Crippen molar-refractivity contribution in [2.75, 3.05) is 10.6 Å². The highest BCUT2D eigenvalue weighted by Crippen LogP contribution is 2.15. The maximum absolute atomic E-state index is 12.0. The fourth-order valence-electron chi connectivity index (χ4n) is 2.26. The van der Waals surface area contributed by atoms with E-state index in [0.717, 1.165) is 19.4 Å². The highest BCUT2D eigenvalue weighted by Gasteiger charge is 2.05. The normalized spacial score (nSPS) is 9.71. The first kappa shape index (κ1) is 19.8. The molecule has 0 unspecified atom stereocenters. The number of pyridine rings is 1. The number of rotatable bonds is 7. The molecule has 0 aliphatic heterocycles. The molecule has 0 saturated heterocycles. The van der Waals surface area contributed by atoms with E-state index in [1.54, 1.807) is 18.2 Å². The van der Waals surface area contributed by atoms with Gasteiger partial charge in [0.2, 0.25) is 11.8 Å². The van der Waals surface area contributed by atoms with E-state index in [2.05, 4.69) is 15.2 Å². The van der Waals surface area contributed by atoms with Crippen LogP contribution in [0.5, 0.6) is 0 Å². The molecule has 2 amide bonds. The van der Waals surface area contributed by atoms with Gasteiger partial charge in [0, 0.05) is 43.3 Å². The lowest BCUT2D eigenvalue weighted by atomic mass is 10.2. The number of unbranched alkanes of at least 4 members (excludes halogenated alkanes) is 1. The van der Waals surface area contributed by atoms with Crippen LogP contribution in [0, 0.1) is 0 Å². The first-order valence-electron chi connectivity index (χ1n) is 7.75. The number of hydrogen-bond acceptors (Lipinski definition) is 2. The molecule has 0 aliphatic carbocycles. The maximum atomic E-state index is 12.0. The third kappa shape index (κ3) is 7.37. The molecule has 1 aromatic heterocycles. The van der Waals surface area contributed by atoms with Gasteiger partial charge in [0.25, 0.3) is 0 Å². The maximum Gasteiger partial charge on any atom is 0.224 e. The molecular weight excluding hydrogens is 370 g/mol.